The Labute approximate surface area is 73.7 Å². The zero-order valence-electron chi connectivity index (χ0n) is 7.25. The fourth-order valence-electron chi connectivity index (χ4n) is 1.50. The number of hydrogen-bond acceptors (Lipinski definition) is 3. The van der Waals surface area contributed by atoms with E-state index in [0.29, 0.717) is 25.0 Å². The third kappa shape index (κ3) is 2.49. The van der Waals surface area contributed by atoms with E-state index >= 15 is 0 Å². The standard InChI is InChI=1S/C9H16N2O/c1-2-4-11-9(6-10)8-3-5-12-7-8/h1,8-9,11H,3-7,10H2. The molecule has 0 aromatic rings. The second kappa shape index (κ2) is 5.15. The molecule has 1 heterocycles. The van der Waals surface area contributed by atoms with E-state index in [9.17, 15) is 0 Å². The summed E-state index contributed by atoms with van der Waals surface area (Å²) in [5.74, 6) is 3.09. The predicted octanol–water partition coefficient (Wildman–Crippen LogP) is -0.427. The molecule has 1 saturated heterocycles. The molecule has 12 heavy (non-hydrogen) atoms. The van der Waals surface area contributed by atoms with Gasteiger partial charge in [0, 0.05) is 25.1 Å². The van der Waals surface area contributed by atoms with Crippen molar-refractivity contribution in [1.29, 1.82) is 0 Å². The number of nitrogens with one attached hydrogen (secondary N) is 1. The van der Waals surface area contributed by atoms with Gasteiger partial charge in [0.05, 0.1) is 13.2 Å². The van der Waals surface area contributed by atoms with E-state index in [-0.39, 0.29) is 0 Å². The van der Waals surface area contributed by atoms with Crippen LogP contribution in [0, 0.1) is 18.3 Å². The second-order valence-corrected chi connectivity index (χ2v) is 3.05. The number of ether oxygens (including phenoxy) is 1. The lowest BCUT2D eigenvalue weighted by Gasteiger charge is -2.20. The van der Waals surface area contributed by atoms with Crippen LogP contribution >= 0.6 is 0 Å². The van der Waals surface area contributed by atoms with Crippen molar-refractivity contribution in [2.45, 2.75) is 12.5 Å². The van der Waals surface area contributed by atoms with Crippen LogP contribution in [0.5, 0.6) is 0 Å². The summed E-state index contributed by atoms with van der Waals surface area (Å²) in [6.45, 7) is 2.91. The van der Waals surface area contributed by atoms with Crippen LogP contribution in [-0.2, 0) is 4.74 Å². The maximum absolute atomic E-state index is 5.61. The van der Waals surface area contributed by atoms with Crippen molar-refractivity contribution in [2.75, 3.05) is 26.3 Å². The highest BCUT2D eigenvalue weighted by Gasteiger charge is 2.23. The van der Waals surface area contributed by atoms with Gasteiger partial charge >= 0.3 is 0 Å². The number of rotatable bonds is 4. The van der Waals surface area contributed by atoms with Gasteiger partial charge in [-0.3, -0.25) is 0 Å². The maximum Gasteiger partial charge on any atom is 0.0576 e. The van der Waals surface area contributed by atoms with E-state index in [4.69, 9.17) is 16.9 Å². The second-order valence-electron chi connectivity index (χ2n) is 3.05. The Hall–Kier alpha value is -0.560. The molecule has 2 atom stereocenters. The van der Waals surface area contributed by atoms with E-state index in [1.807, 2.05) is 0 Å². The van der Waals surface area contributed by atoms with Gasteiger partial charge in [-0.15, -0.1) is 6.42 Å². The molecular formula is C9H16N2O. The molecule has 3 nitrogen and oxygen atoms in total. The lowest BCUT2D eigenvalue weighted by Crippen LogP contribution is -2.42. The zero-order chi connectivity index (χ0) is 8.81. The highest BCUT2D eigenvalue weighted by atomic mass is 16.5. The van der Waals surface area contributed by atoms with Crippen molar-refractivity contribution in [3.05, 3.63) is 0 Å². The molecule has 1 rings (SSSR count). The third-order valence-electron chi connectivity index (χ3n) is 2.25. The molecule has 0 radical (unpaired) electrons. The quantitative estimate of drug-likeness (QED) is 0.560. The van der Waals surface area contributed by atoms with Gasteiger partial charge in [0.25, 0.3) is 0 Å². The summed E-state index contributed by atoms with van der Waals surface area (Å²) in [5.41, 5.74) is 5.61. The van der Waals surface area contributed by atoms with Crippen molar-refractivity contribution < 1.29 is 4.74 Å². The van der Waals surface area contributed by atoms with Crippen LogP contribution in [0.15, 0.2) is 0 Å². The van der Waals surface area contributed by atoms with Crippen LogP contribution in [0.3, 0.4) is 0 Å². The van der Waals surface area contributed by atoms with Gasteiger partial charge in [-0.2, -0.15) is 0 Å². The van der Waals surface area contributed by atoms with E-state index in [1.54, 1.807) is 0 Å². The number of terminal acetylenes is 1. The molecule has 0 bridgehead atoms. The lowest BCUT2D eigenvalue weighted by atomic mass is 9.99. The Morgan fingerprint density at radius 3 is 3.08 bits per heavy atom. The average Bonchev–Trinajstić information content (AvgIpc) is 2.59. The summed E-state index contributed by atoms with van der Waals surface area (Å²) < 4.78 is 5.27. The number of hydrogen-bond donors (Lipinski definition) is 2. The van der Waals surface area contributed by atoms with Crippen LogP contribution in [0.2, 0.25) is 0 Å². The molecule has 0 saturated carbocycles. The van der Waals surface area contributed by atoms with E-state index < -0.39 is 0 Å². The van der Waals surface area contributed by atoms with Crippen molar-refractivity contribution in [3.8, 4) is 12.3 Å². The zero-order valence-corrected chi connectivity index (χ0v) is 7.25. The fourth-order valence-corrected chi connectivity index (χ4v) is 1.50. The molecule has 3 heteroatoms. The molecule has 1 aliphatic heterocycles. The third-order valence-corrected chi connectivity index (χ3v) is 2.25. The Morgan fingerprint density at radius 2 is 2.58 bits per heavy atom. The Kier molecular flexibility index (Phi) is 4.09. The van der Waals surface area contributed by atoms with Gasteiger partial charge in [0.15, 0.2) is 0 Å². The van der Waals surface area contributed by atoms with E-state index in [1.165, 1.54) is 0 Å². The molecule has 1 fully saturated rings. The van der Waals surface area contributed by atoms with Crippen LogP contribution in [-0.4, -0.2) is 32.3 Å². The minimum absolute atomic E-state index is 0.323. The first kappa shape index (κ1) is 9.53. The predicted molar refractivity (Wildman–Crippen MR) is 48.6 cm³/mol. The molecule has 2 unspecified atom stereocenters. The van der Waals surface area contributed by atoms with Crippen LogP contribution in [0.1, 0.15) is 6.42 Å². The minimum Gasteiger partial charge on any atom is -0.381 e. The van der Waals surface area contributed by atoms with Gasteiger partial charge in [0.1, 0.15) is 0 Å². The lowest BCUT2D eigenvalue weighted by molar-refractivity contribution is 0.178. The summed E-state index contributed by atoms with van der Waals surface area (Å²) in [6, 6.07) is 0.323. The van der Waals surface area contributed by atoms with Gasteiger partial charge in [0.2, 0.25) is 0 Å². The maximum atomic E-state index is 5.61. The first-order valence-corrected chi connectivity index (χ1v) is 4.33. The van der Waals surface area contributed by atoms with Gasteiger partial charge in [-0.1, -0.05) is 5.92 Å². The largest absolute Gasteiger partial charge is 0.381 e. The molecular weight excluding hydrogens is 152 g/mol. The molecule has 1 aliphatic rings. The summed E-state index contributed by atoms with van der Waals surface area (Å²) in [4.78, 5) is 0. The van der Waals surface area contributed by atoms with Crippen molar-refractivity contribution >= 4 is 0 Å². The normalized spacial score (nSPS) is 25.2. The van der Waals surface area contributed by atoms with Crippen molar-refractivity contribution in [1.82, 2.24) is 5.32 Å². The van der Waals surface area contributed by atoms with Gasteiger partial charge < -0.3 is 15.8 Å². The first-order valence-electron chi connectivity index (χ1n) is 4.33. The summed E-state index contributed by atoms with van der Waals surface area (Å²) in [6.07, 6.45) is 6.24. The molecule has 0 spiro atoms. The highest BCUT2D eigenvalue weighted by molar-refractivity contribution is 4.90. The number of nitrogens with two attached hydrogens (primary N) is 1. The average molecular weight is 168 g/mol. The first-order chi connectivity index (χ1) is 5.88. The summed E-state index contributed by atoms with van der Waals surface area (Å²) in [5, 5.41) is 3.22. The van der Waals surface area contributed by atoms with Crippen molar-refractivity contribution in [3.63, 3.8) is 0 Å². The Balaban J connectivity index is 2.28. The van der Waals surface area contributed by atoms with Crippen molar-refractivity contribution in [2.24, 2.45) is 11.7 Å². The molecule has 0 aromatic carbocycles. The topological polar surface area (TPSA) is 47.3 Å². The van der Waals surface area contributed by atoms with Gasteiger partial charge in [-0.05, 0) is 6.42 Å². The minimum atomic E-state index is 0.323. The Morgan fingerprint density at radius 1 is 1.75 bits per heavy atom. The molecule has 68 valence electrons. The van der Waals surface area contributed by atoms with E-state index in [2.05, 4.69) is 11.2 Å². The molecule has 0 aromatic heterocycles. The molecule has 3 N–H and O–H groups in total. The Bertz CT molecular complexity index is 158. The monoisotopic (exact) mass is 168 g/mol. The molecule has 0 amide bonds. The highest BCUT2D eigenvalue weighted by Crippen LogP contribution is 2.15. The summed E-state index contributed by atoms with van der Waals surface area (Å²) in [7, 11) is 0. The fraction of sp³-hybridized carbons (Fsp3) is 0.778. The SMILES string of the molecule is C#CCNC(CN)C1CCOC1. The molecule has 0 aliphatic carbocycles. The van der Waals surface area contributed by atoms with Crippen LogP contribution in [0.4, 0.5) is 0 Å². The smallest absolute Gasteiger partial charge is 0.0576 e. The van der Waals surface area contributed by atoms with Crippen LogP contribution in [0.25, 0.3) is 0 Å². The van der Waals surface area contributed by atoms with Gasteiger partial charge in [-0.25, -0.2) is 0 Å². The van der Waals surface area contributed by atoms with E-state index in [0.717, 1.165) is 19.6 Å². The summed E-state index contributed by atoms with van der Waals surface area (Å²) >= 11 is 0. The van der Waals surface area contributed by atoms with Crippen LogP contribution < -0.4 is 11.1 Å².